The average molecular weight is 512 g/mol. The Hall–Kier alpha value is -3.49. The number of aryl methyl sites for hydroxylation is 1. The molecule has 0 atom stereocenters. The summed E-state index contributed by atoms with van der Waals surface area (Å²) in [6.07, 6.45) is -6.57. The number of carbonyl (C=O) groups is 3. The third-order valence-electron chi connectivity index (χ3n) is 4.64. The lowest BCUT2D eigenvalue weighted by atomic mass is 9.86. The van der Waals surface area contributed by atoms with Gasteiger partial charge in [-0.25, -0.2) is 9.59 Å². The molecule has 0 bridgehead atoms. The molecule has 1 amide bonds. The highest BCUT2D eigenvalue weighted by Crippen LogP contribution is 2.27. The van der Waals surface area contributed by atoms with Crippen molar-refractivity contribution in [3.63, 3.8) is 0 Å². The number of hydrogen-bond acceptors (Lipinski definition) is 6. The van der Waals surface area contributed by atoms with Crippen molar-refractivity contribution < 1.29 is 50.9 Å². The van der Waals surface area contributed by atoms with Gasteiger partial charge in [0.2, 0.25) is 5.91 Å². The van der Waals surface area contributed by atoms with Crippen molar-refractivity contribution >= 4 is 34.4 Å². The predicted molar refractivity (Wildman–Crippen MR) is 110 cm³/mol. The van der Waals surface area contributed by atoms with Gasteiger partial charge in [0, 0.05) is 17.3 Å². The van der Waals surface area contributed by atoms with E-state index in [1.807, 2.05) is 31.2 Å². The maximum Gasteiger partial charge on any atom is 0.490 e. The van der Waals surface area contributed by atoms with Crippen LogP contribution in [0.2, 0.25) is 0 Å². The number of anilines is 1. The van der Waals surface area contributed by atoms with Gasteiger partial charge in [-0.1, -0.05) is 6.07 Å². The van der Waals surface area contributed by atoms with E-state index in [0.717, 1.165) is 48.0 Å². The zero-order chi connectivity index (χ0) is 27.0. The zero-order valence-electron chi connectivity index (χ0n) is 18.2. The van der Waals surface area contributed by atoms with Crippen molar-refractivity contribution in [2.45, 2.75) is 51.0 Å². The first-order valence-corrected chi connectivity index (χ1v) is 9.92. The largest absolute Gasteiger partial charge is 0.490 e. The highest BCUT2D eigenvalue weighted by atomic mass is 19.4. The molecule has 0 saturated heterocycles. The van der Waals surface area contributed by atoms with Crippen LogP contribution >= 0.6 is 0 Å². The van der Waals surface area contributed by atoms with Crippen molar-refractivity contribution in [1.29, 1.82) is 0 Å². The molecule has 15 heteroatoms. The molecule has 1 aliphatic carbocycles. The Bertz CT molecular complexity index is 1010. The SMILES string of the molecule is Cc1cc2c(NC(=O)C3CCC(N)CC3)cccc2nn1.O=C(O)C(F)(F)F.O=C(O)C(F)(F)F. The summed E-state index contributed by atoms with van der Waals surface area (Å²) in [5, 5.41) is 26.4. The minimum absolute atomic E-state index is 0.0657. The summed E-state index contributed by atoms with van der Waals surface area (Å²) in [4.78, 5) is 30.2. The van der Waals surface area contributed by atoms with Gasteiger partial charge in [-0.15, -0.1) is 0 Å². The molecule has 2 aromatic rings. The number of nitrogens with zero attached hydrogens (tertiary/aromatic N) is 2. The molecular weight excluding hydrogens is 490 g/mol. The van der Waals surface area contributed by atoms with Crippen LogP contribution in [0, 0.1) is 12.8 Å². The highest BCUT2D eigenvalue weighted by molar-refractivity contribution is 6.01. The second kappa shape index (κ2) is 12.3. The molecule has 0 spiro atoms. The first-order valence-electron chi connectivity index (χ1n) is 9.92. The number of nitrogens with two attached hydrogens (primary N) is 1. The number of alkyl halides is 6. The lowest BCUT2D eigenvalue weighted by Gasteiger charge is -2.25. The summed E-state index contributed by atoms with van der Waals surface area (Å²) in [7, 11) is 0. The van der Waals surface area contributed by atoms with Crippen molar-refractivity contribution in [3.05, 3.63) is 30.0 Å². The monoisotopic (exact) mass is 512 g/mol. The molecule has 1 heterocycles. The molecule has 0 radical (unpaired) electrons. The predicted octanol–water partition coefficient (Wildman–Crippen LogP) is 3.66. The number of carboxylic acid groups (broad SMARTS) is 2. The zero-order valence-corrected chi connectivity index (χ0v) is 18.2. The number of halogens is 6. The van der Waals surface area contributed by atoms with Crippen LogP contribution in [0.25, 0.3) is 10.9 Å². The molecule has 1 aromatic heterocycles. The molecule has 1 aliphatic rings. The first-order chi connectivity index (χ1) is 16.0. The number of benzene rings is 1. The van der Waals surface area contributed by atoms with Crippen molar-refractivity contribution in [2.24, 2.45) is 11.7 Å². The normalized spacial score (nSPS) is 17.8. The van der Waals surface area contributed by atoms with E-state index in [1.165, 1.54) is 0 Å². The maximum atomic E-state index is 12.4. The number of aliphatic carboxylic acids is 2. The van der Waals surface area contributed by atoms with Gasteiger partial charge in [0.1, 0.15) is 0 Å². The Balaban J connectivity index is 0.000000362. The van der Waals surface area contributed by atoms with E-state index in [4.69, 9.17) is 25.5 Å². The molecule has 9 nitrogen and oxygen atoms in total. The number of aromatic nitrogens is 2. The van der Waals surface area contributed by atoms with Gasteiger partial charge in [-0.2, -0.15) is 36.5 Å². The van der Waals surface area contributed by atoms with Crippen LogP contribution in [0.5, 0.6) is 0 Å². The average Bonchev–Trinajstić information content (AvgIpc) is 2.74. The second-order valence-electron chi connectivity index (χ2n) is 7.43. The lowest BCUT2D eigenvalue weighted by Crippen LogP contribution is -2.32. The number of nitrogens with one attached hydrogen (secondary N) is 1. The van der Waals surface area contributed by atoms with E-state index < -0.39 is 24.3 Å². The Morgan fingerprint density at radius 3 is 1.89 bits per heavy atom. The molecular formula is C20H22F6N4O5. The van der Waals surface area contributed by atoms with Crippen LogP contribution in [0.3, 0.4) is 0 Å². The molecule has 35 heavy (non-hydrogen) atoms. The number of fused-ring (bicyclic) bond motifs is 1. The van der Waals surface area contributed by atoms with Gasteiger partial charge < -0.3 is 21.3 Å². The van der Waals surface area contributed by atoms with E-state index >= 15 is 0 Å². The Morgan fingerprint density at radius 1 is 0.943 bits per heavy atom. The number of amides is 1. The van der Waals surface area contributed by atoms with Crippen LogP contribution < -0.4 is 11.1 Å². The molecule has 5 N–H and O–H groups in total. The molecule has 1 saturated carbocycles. The minimum Gasteiger partial charge on any atom is -0.475 e. The highest BCUT2D eigenvalue weighted by Gasteiger charge is 2.38. The third-order valence-corrected chi connectivity index (χ3v) is 4.64. The summed E-state index contributed by atoms with van der Waals surface area (Å²) in [6, 6.07) is 7.91. The Labute approximate surface area is 194 Å². The van der Waals surface area contributed by atoms with Gasteiger partial charge in [0.05, 0.1) is 16.9 Å². The van der Waals surface area contributed by atoms with Crippen LogP contribution in [0.15, 0.2) is 24.3 Å². The van der Waals surface area contributed by atoms with Crippen LogP contribution in [0.1, 0.15) is 31.4 Å². The van der Waals surface area contributed by atoms with Gasteiger partial charge in [-0.3, -0.25) is 4.79 Å². The second-order valence-corrected chi connectivity index (χ2v) is 7.43. The topological polar surface area (TPSA) is 156 Å². The fourth-order valence-electron chi connectivity index (χ4n) is 2.89. The fourth-order valence-corrected chi connectivity index (χ4v) is 2.89. The summed E-state index contributed by atoms with van der Waals surface area (Å²) in [5.74, 6) is -5.36. The van der Waals surface area contributed by atoms with Crippen LogP contribution in [-0.2, 0) is 14.4 Å². The summed E-state index contributed by atoms with van der Waals surface area (Å²) in [6.45, 7) is 1.90. The van der Waals surface area contributed by atoms with Gasteiger partial charge in [0.25, 0.3) is 0 Å². The fraction of sp³-hybridized carbons (Fsp3) is 0.450. The smallest absolute Gasteiger partial charge is 0.475 e. The van der Waals surface area contributed by atoms with Gasteiger partial charge in [-0.05, 0) is 50.8 Å². The van der Waals surface area contributed by atoms with E-state index in [9.17, 15) is 31.1 Å². The Kier molecular flexibility index (Phi) is 10.4. The number of rotatable bonds is 2. The summed E-state index contributed by atoms with van der Waals surface area (Å²) < 4.78 is 63.5. The summed E-state index contributed by atoms with van der Waals surface area (Å²) >= 11 is 0. The lowest BCUT2D eigenvalue weighted by molar-refractivity contribution is -0.193. The molecule has 1 aromatic carbocycles. The summed E-state index contributed by atoms with van der Waals surface area (Å²) in [5.41, 5.74) is 8.34. The number of carbonyl (C=O) groups excluding carboxylic acids is 1. The molecule has 3 rings (SSSR count). The first kappa shape index (κ1) is 29.5. The maximum absolute atomic E-state index is 12.4. The van der Waals surface area contributed by atoms with Crippen molar-refractivity contribution in [1.82, 2.24) is 10.2 Å². The van der Waals surface area contributed by atoms with E-state index in [-0.39, 0.29) is 17.9 Å². The number of carboxylic acids is 2. The molecule has 1 fully saturated rings. The molecule has 0 aliphatic heterocycles. The minimum atomic E-state index is -5.08. The molecule has 194 valence electrons. The third kappa shape index (κ3) is 10.1. The van der Waals surface area contributed by atoms with Gasteiger partial charge >= 0.3 is 24.3 Å². The standard InChI is InChI=1S/C16H20N4O.2C2HF3O2/c1-10-9-13-14(3-2-4-15(13)20-19-10)18-16(21)11-5-7-12(17)8-6-11;2*3-2(4,5)1(6)7/h2-4,9,11-12H,5-8,17H2,1H3,(H,18,21);2*(H,6,7). The van der Waals surface area contributed by atoms with E-state index in [1.54, 1.807) is 0 Å². The van der Waals surface area contributed by atoms with Crippen LogP contribution in [-0.4, -0.2) is 56.7 Å². The quantitative estimate of drug-likeness (QED) is 0.445. The van der Waals surface area contributed by atoms with Gasteiger partial charge in [0.15, 0.2) is 0 Å². The number of hydrogen-bond donors (Lipinski definition) is 4. The van der Waals surface area contributed by atoms with E-state index in [0.29, 0.717) is 0 Å². The van der Waals surface area contributed by atoms with Crippen molar-refractivity contribution in [3.8, 4) is 0 Å². The van der Waals surface area contributed by atoms with E-state index in [2.05, 4.69) is 15.5 Å². The Morgan fingerprint density at radius 2 is 1.43 bits per heavy atom. The van der Waals surface area contributed by atoms with Crippen molar-refractivity contribution in [2.75, 3.05) is 5.32 Å². The van der Waals surface area contributed by atoms with Crippen LogP contribution in [0.4, 0.5) is 32.0 Å². The molecule has 0 unspecified atom stereocenters.